The lowest BCUT2D eigenvalue weighted by Gasteiger charge is -2.25. The molecule has 2 aromatic heterocycles. The molecular weight excluding hydrogens is 334 g/mol. The molecule has 1 aliphatic heterocycles. The molecule has 0 bridgehead atoms. The zero-order valence-corrected chi connectivity index (χ0v) is 15.1. The SMILES string of the molecule is COc1ccccc1/C=C/c1nn2c(CN3CCCCC3)nnc2s1. The Kier molecular flexibility index (Phi) is 4.76. The zero-order chi connectivity index (χ0) is 17.1. The molecule has 7 heteroatoms. The Balaban J connectivity index is 1.54. The van der Waals surface area contributed by atoms with E-state index in [-0.39, 0.29) is 0 Å². The van der Waals surface area contributed by atoms with Crippen molar-refractivity contribution in [1.82, 2.24) is 24.7 Å². The molecule has 3 heterocycles. The summed E-state index contributed by atoms with van der Waals surface area (Å²) >= 11 is 1.54. The minimum Gasteiger partial charge on any atom is -0.496 e. The van der Waals surface area contributed by atoms with E-state index in [0.29, 0.717) is 0 Å². The molecule has 130 valence electrons. The Labute approximate surface area is 150 Å². The van der Waals surface area contributed by atoms with Crippen LogP contribution in [0.25, 0.3) is 17.1 Å². The van der Waals surface area contributed by atoms with Crippen LogP contribution in [0.1, 0.15) is 35.7 Å². The molecule has 6 nitrogen and oxygen atoms in total. The number of piperidine rings is 1. The fourth-order valence-electron chi connectivity index (χ4n) is 3.12. The zero-order valence-electron chi connectivity index (χ0n) is 14.3. The first-order valence-electron chi connectivity index (χ1n) is 8.58. The monoisotopic (exact) mass is 355 g/mol. The van der Waals surface area contributed by atoms with Gasteiger partial charge in [0.05, 0.1) is 13.7 Å². The molecular formula is C18H21N5OS. The van der Waals surface area contributed by atoms with Crippen LogP contribution >= 0.6 is 11.3 Å². The van der Waals surface area contributed by atoms with E-state index >= 15 is 0 Å². The molecule has 0 radical (unpaired) electrons. The van der Waals surface area contributed by atoms with Crippen LogP contribution in [0.5, 0.6) is 5.75 Å². The molecule has 0 atom stereocenters. The third kappa shape index (κ3) is 3.57. The van der Waals surface area contributed by atoms with Gasteiger partial charge in [0.25, 0.3) is 0 Å². The third-order valence-corrected chi connectivity index (χ3v) is 5.29. The van der Waals surface area contributed by atoms with Crippen LogP contribution in [0.4, 0.5) is 0 Å². The topological polar surface area (TPSA) is 55.6 Å². The van der Waals surface area contributed by atoms with Crippen LogP contribution in [0, 0.1) is 0 Å². The second-order valence-electron chi connectivity index (χ2n) is 6.16. The van der Waals surface area contributed by atoms with Crippen molar-refractivity contribution < 1.29 is 4.74 Å². The fourth-order valence-corrected chi connectivity index (χ4v) is 3.88. The summed E-state index contributed by atoms with van der Waals surface area (Å²) < 4.78 is 7.26. The number of para-hydroxylation sites is 1. The summed E-state index contributed by atoms with van der Waals surface area (Å²) in [5.41, 5.74) is 1.03. The largest absolute Gasteiger partial charge is 0.496 e. The quantitative estimate of drug-likeness (QED) is 0.702. The first-order valence-corrected chi connectivity index (χ1v) is 9.40. The van der Waals surface area contributed by atoms with Gasteiger partial charge in [-0.05, 0) is 44.1 Å². The van der Waals surface area contributed by atoms with Crippen LogP contribution < -0.4 is 4.74 Å². The molecule has 0 spiro atoms. The van der Waals surface area contributed by atoms with Gasteiger partial charge >= 0.3 is 0 Å². The van der Waals surface area contributed by atoms with Crippen molar-refractivity contribution >= 4 is 28.4 Å². The average molecular weight is 355 g/mol. The van der Waals surface area contributed by atoms with E-state index in [9.17, 15) is 0 Å². The number of methoxy groups -OCH3 is 1. The van der Waals surface area contributed by atoms with E-state index < -0.39 is 0 Å². The number of fused-ring (bicyclic) bond motifs is 1. The normalized spacial score (nSPS) is 16.0. The smallest absolute Gasteiger partial charge is 0.235 e. The first-order chi connectivity index (χ1) is 12.3. The highest BCUT2D eigenvalue weighted by Crippen LogP contribution is 2.22. The number of ether oxygens (including phenoxy) is 1. The number of rotatable bonds is 5. The highest BCUT2D eigenvalue weighted by atomic mass is 32.1. The Hall–Kier alpha value is -2.25. The van der Waals surface area contributed by atoms with Gasteiger partial charge in [0, 0.05) is 5.56 Å². The van der Waals surface area contributed by atoms with Gasteiger partial charge in [-0.1, -0.05) is 36.0 Å². The number of hydrogen-bond donors (Lipinski definition) is 0. The summed E-state index contributed by atoms with van der Waals surface area (Å²) in [6.07, 6.45) is 7.90. The van der Waals surface area contributed by atoms with Crippen molar-refractivity contribution in [2.24, 2.45) is 0 Å². The Morgan fingerprint density at radius 3 is 2.80 bits per heavy atom. The molecule has 1 saturated heterocycles. The van der Waals surface area contributed by atoms with E-state index in [1.807, 2.05) is 40.9 Å². The minimum absolute atomic E-state index is 0.820. The van der Waals surface area contributed by atoms with Crippen molar-refractivity contribution in [3.63, 3.8) is 0 Å². The van der Waals surface area contributed by atoms with Crippen LogP contribution in [-0.4, -0.2) is 44.9 Å². The third-order valence-electron chi connectivity index (χ3n) is 4.43. The standard InChI is InChI=1S/C18H21N5OS/c1-24-15-8-4-3-7-14(15)9-10-17-21-23-16(19-20-18(23)25-17)13-22-11-5-2-6-12-22/h3-4,7-10H,2,5-6,11-13H2,1H3/b10-9+. The number of hydrogen-bond acceptors (Lipinski definition) is 6. The molecule has 3 aromatic rings. The molecule has 1 fully saturated rings. The predicted molar refractivity (Wildman–Crippen MR) is 99.7 cm³/mol. The molecule has 25 heavy (non-hydrogen) atoms. The van der Waals surface area contributed by atoms with Crippen LogP contribution in [0.2, 0.25) is 0 Å². The Morgan fingerprint density at radius 2 is 1.96 bits per heavy atom. The molecule has 0 saturated carbocycles. The number of likely N-dealkylation sites (tertiary alicyclic amines) is 1. The van der Waals surface area contributed by atoms with Gasteiger partial charge in [0.2, 0.25) is 4.96 Å². The summed E-state index contributed by atoms with van der Waals surface area (Å²) in [4.78, 5) is 3.27. The summed E-state index contributed by atoms with van der Waals surface area (Å²) in [7, 11) is 1.68. The van der Waals surface area contributed by atoms with E-state index in [1.54, 1.807) is 18.4 Å². The molecule has 0 aliphatic carbocycles. The lowest BCUT2D eigenvalue weighted by Crippen LogP contribution is -2.30. The van der Waals surface area contributed by atoms with Gasteiger partial charge in [-0.15, -0.1) is 10.2 Å². The summed E-state index contributed by atoms with van der Waals surface area (Å²) in [6.45, 7) is 3.10. The van der Waals surface area contributed by atoms with E-state index in [1.165, 1.54) is 19.3 Å². The first kappa shape index (κ1) is 16.2. The number of benzene rings is 1. The second kappa shape index (κ2) is 7.33. The van der Waals surface area contributed by atoms with Crippen molar-refractivity contribution in [2.75, 3.05) is 20.2 Å². The maximum absolute atomic E-state index is 5.38. The summed E-state index contributed by atoms with van der Waals surface area (Å²) in [5.74, 6) is 1.78. The highest BCUT2D eigenvalue weighted by molar-refractivity contribution is 7.17. The van der Waals surface area contributed by atoms with Crippen molar-refractivity contribution in [3.05, 3.63) is 40.7 Å². The van der Waals surface area contributed by atoms with E-state index in [2.05, 4.69) is 20.2 Å². The fraction of sp³-hybridized carbons (Fsp3) is 0.389. The van der Waals surface area contributed by atoms with Gasteiger partial charge in [0.1, 0.15) is 10.8 Å². The van der Waals surface area contributed by atoms with Crippen LogP contribution in [0.3, 0.4) is 0 Å². The Bertz CT molecular complexity index is 879. The molecule has 1 aliphatic rings. The lowest BCUT2D eigenvalue weighted by atomic mass is 10.1. The summed E-state index contributed by atoms with van der Waals surface area (Å²) in [5, 5.41) is 14.2. The Morgan fingerprint density at radius 1 is 1.12 bits per heavy atom. The molecule has 0 N–H and O–H groups in total. The van der Waals surface area contributed by atoms with E-state index in [4.69, 9.17) is 4.74 Å². The predicted octanol–water partition coefficient (Wildman–Crippen LogP) is 3.35. The lowest BCUT2D eigenvalue weighted by molar-refractivity contribution is 0.214. The van der Waals surface area contributed by atoms with Gasteiger partial charge in [0.15, 0.2) is 5.82 Å². The van der Waals surface area contributed by atoms with Crippen LogP contribution in [0.15, 0.2) is 24.3 Å². The van der Waals surface area contributed by atoms with Crippen molar-refractivity contribution in [2.45, 2.75) is 25.8 Å². The average Bonchev–Trinajstić information content (AvgIpc) is 3.22. The summed E-state index contributed by atoms with van der Waals surface area (Å²) in [6, 6.07) is 7.94. The van der Waals surface area contributed by atoms with Crippen LogP contribution in [-0.2, 0) is 6.54 Å². The van der Waals surface area contributed by atoms with E-state index in [0.717, 1.165) is 46.7 Å². The maximum atomic E-state index is 5.38. The number of nitrogens with zero attached hydrogens (tertiary/aromatic N) is 5. The minimum atomic E-state index is 0.820. The van der Waals surface area contributed by atoms with Gasteiger partial charge in [-0.25, -0.2) is 0 Å². The highest BCUT2D eigenvalue weighted by Gasteiger charge is 2.16. The van der Waals surface area contributed by atoms with Gasteiger partial charge < -0.3 is 4.74 Å². The van der Waals surface area contributed by atoms with Crippen molar-refractivity contribution in [3.8, 4) is 5.75 Å². The molecule has 0 amide bonds. The molecule has 0 unspecified atom stereocenters. The molecule has 1 aromatic carbocycles. The second-order valence-corrected chi connectivity index (χ2v) is 7.15. The van der Waals surface area contributed by atoms with Crippen molar-refractivity contribution in [1.29, 1.82) is 0 Å². The van der Waals surface area contributed by atoms with Gasteiger partial charge in [-0.2, -0.15) is 9.61 Å². The van der Waals surface area contributed by atoms with Gasteiger partial charge in [-0.3, -0.25) is 4.90 Å². The molecule has 4 rings (SSSR count). The number of aromatic nitrogens is 4. The maximum Gasteiger partial charge on any atom is 0.235 e.